The highest BCUT2D eigenvalue weighted by atomic mass is 16.4. The Hall–Kier alpha value is -4.29. The number of nitrogens with zero attached hydrogens (tertiary/aromatic N) is 3. The number of nitrogens with one attached hydrogen (secondary N) is 2. The van der Waals surface area contributed by atoms with Gasteiger partial charge in [-0.25, -0.2) is 19.8 Å². The Labute approximate surface area is 200 Å². The number of aliphatic carboxylic acids is 1. The first kappa shape index (κ1) is 25.3. The highest BCUT2D eigenvalue weighted by molar-refractivity contribution is 5.99. The third-order valence-electron chi connectivity index (χ3n) is 5.65. The Balaban J connectivity index is 1.80. The fourth-order valence-electron chi connectivity index (χ4n) is 3.86. The van der Waals surface area contributed by atoms with Crippen LogP contribution in [0, 0.1) is 0 Å². The van der Waals surface area contributed by atoms with Crippen LogP contribution in [0.2, 0.25) is 0 Å². The van der Waals surface area contributed by atoms with Gasteiger partial charge in [0.25, 0.3) is 5.91 Å². The van der Waals surface area contributed by atoms with Crippen molar-refractivity contribution in [1.29, 1.82) is 0 Å². The summed E-state index contributed by atoms with van der Waals surface area (Å²) in [5, 5.41) is 14.2. The molecule has 1 aromatic rings. The molecule has 13 nitrogen and oxygen atoms in total. The van der Waals surface area contributed by atoms with Crippen molar-refractivity contribution in [3.8, 4) is 0 Å². The monoisotopic (exact) mass is 487 g/mol. The number of carboxylic acid groups (broad SMARTS) is 1. The molecule has 13 heteroatoms. The van der Waals surface area contributed by atoms with Gasteiger partial charge in [0.1, 0.15) is 12.3 Å². The van der Waals surface area contributed by atoms with Crippen molar-refractivity contribution in [3.05, 3.63) is 35.4 Å². The van der Waals surface area contributed by atoms with E-state index in [9.17, 15) is 33.6 Å². The van der Waals surface area contributed by atoms with Gasteiger partial charge in [0.15, 0.2) is 5.78 Å². The minimum absolute atomic E-state index is 0.115. The number of urea groups is 1. The van der Waals surface area contributed by atoms with Crippen LogP contribution in [0.4, 0.5) is 4.79 Å². The van der Waals surface area contributed by atoms with Crippen molar-refractivity contribution in [3.63, 3.8) is 0 Å². The number of carbonyl (C=O) groups is 7. The van der Waals surface area contributed by atoms with E-state index >= 15 is 0 Å². The quantitative estimate of drug-likeness (QED) is 0.332. The molecule has 0 saturated carbocycles. The number of aldehydes is 1. The minimum Gasteiger partial charge on any atom is -0.481 e. The highest BCUT2D eigenvalue weighted by Crippen LogP contribution is 2.24. The fraction of sp³-hybridized carbons (Fsp3) is 0.409. The van der Waals surface area contributed by atoms with Crippen molar-refractivity contribution >= 4 is 41.8 Å². The topological polar surface area (TPSA) is 173 Å². The third kappa shape index (κ3) is 5.80. The molecule has 0 aliphatic carbocycles. The van der Waals surface area contributed by atoms with Crippen LogP contribution >= 0.6 is 0 Å². The number of rotatable bonds is 8. The van der Waals surface area contributed by atoms with Crippen molar-refractivity contribution in [1.82, 2.24) is 25.8 Å². The second-order valence-corrected chi connectivity index (χ2v) is 8.13. The summed E-state index contributed by atoms with van der Waals surface area (Å²) in [6, 6.07) is 2.46. The molecular formula is C22H25N5O8. The zero-order chi connectivity index (χ0) is 25.7. The summed E-state index contributed by atoms with van der Waals surface area (Å²) in [7, 11) is 0. The zero-order valence-electron chi connectivity index (χ0n) is 18.9. The van der Waals surface area contributed by atoms with Gasteiger partial charge < -0.3 is 15.2 Å². The summed E-state index contributed by atoms with van der Waals surface area (Å²) in [6.45, 7) is 1.42. The SMILES string of the molecule is CC(=O)c1ccc(C(=O)NN2CCC(=O)N3CCCC(C(=O)NC(C=O)CC(=O)O)N3C2=O)cc1. The predicted molar refractivity (Wildman–Crippen MR) is 117 cm³/mol. The summed E-state index contributed by atoms with van der Waals surface area (Å²) in [4.78, 5) is 85.2. The van der Waals surface area contributed by atoms with Gasteiger partial charge in [-0.15, -0.1) is 0 Å². The summed E-state index contributed by atoms with van der Waals surface area (Å²) in [5.41, 5.74) is 3.02. The molecule has 2 fully saturated rings. The summed E-state index contributed by atoms with van der Waals surface area (Å²) < 4.78 is 0. The predicted octanol–water partition coefficient (Wildman–Crippen LogP) is -0.274. The van der Waals surface area contributed by atoms with Gasteiger partial charge in [0, 0.05) is 24.1 Å². The standard InChI is InChI=1S/C22H25N5O8/c1-13(29)14-4-6-15(7-5-14)20(33)24-25-10-8-18(30)26-9-2-3-17(27(26)22(25)35)21(34)23-16(12-28)11-19(31)32/h4-7,12,16-17H,2-3,8-11H2,1H3,(H,23,34)(H,24,33)(H,31,32). The normalized spacial score (nSPS) is 18.8. The number of hydrazine groups is 2. The number of carbonyl (C=O) groups excluding carboxylic acids is 6. The van der Waals surface area contributed by atoms with E-state index in [1.807, 2.05) is 0 Å². The molecule has 35 heavy (non-hydrogen) atoms. The molecule has 2 aliphatic heterocycles. The lowest BCUT2D eigenvalue weighted by molar-refractivity contribution is -0.155. The Morgan fingerprint density at radius 1 is 1.11 bits per heavy atom. The van der Waals surface area contributed by atoms with Gasteiger partial charge in [0.05, 0.1) is 19.0 Å². The number of amides is 5. The van der Waals surface area contributed by atoms with Crippen LogP contribution in [-0.4, -0.2) is 87.1 Å². The molecule has 0 radical (unpaired) electrons. The van der Waals surface area contributed by atoms with Crippen molar-refractivity contribution in [2.75, 3.05) is 13.1 Å². The van der Waals surface area contributed by atoms with Crippen LogP contribution < -0.4 is 10.7 Å². The van der Waals surface area contributed by atoms with E-state index in [0.29, 0.717) is 12.0 Å². The second kappa shape index (κ2) is 10.8. The second-order valence-electron chi connectivity index (χ2n) is 8.13. The molecule has 1 aromatic carbocycles. The first-order chi connectivity index (χ1) is 16.6. The van der Waals surface area contributed by atoms with Crippen LogP contribution in [0.15, 0.2) is 24.3 Å². The lowest BCUT2D eigenvalue weighted by Crippen LogP contribution is -2.64. The van der Waals surface area contributed by atoms with Crippen LogP contribution in [0.5, 0.6) is 0 Å². The van der Waals surface area contributed by atoms with E-state index in [0.717, 1.165) is 15.0 Å². The van der Waals surface area contributed by atoms with E-state index in [1.165, 1.54) is 31.2 Å². The molecular weight excluding hydrogens is 462 g/mol. The Morgan fingerprint density at radius 2 is 1.77 bits per heavy atom. The lowest BCUT2D eigenvalue weighted by Gasteiger charge is -2.42. The number of hydrogen-bond acceptors (Lipinski definition) is 7. The molecule has 0 spiro atoms. The van der Waals surface area contributed by atoms with Crippen molar-refractivity contribution < 1.29 is 38.7 Å². The van der Waals surface area contributed by atoms with Gasteiger partial charge in [-0.1, -0.05) is 12.1 Å². The molecule has 0 bridgehead atoms. The van der Waals surface area contributed by atoms with Crippen LogP contribution in [0.25, 0.3) is 0 Å². The zero-order valence-corrected chi connectivity index (χ0v) is 18.9. The van der Waals surface area contributed by atoms with E-state index in [-0.39, 0.29) is 43.6 Å². The molecule has 2 aliphatic rings. The molecule has 0 aromatic heterocycles. The van der Waals surface area contributed by atoms with Gasteiger partial charge in [-0.3, -0.25) is 29.4 Å². The van der Waals surface area contributed by atoms with E-state index in [1.54, 1.807) is 0 Å². The van der Waals surface area contributed by atoms with Gasteiger partial charge in [0.2, 0.25) is 11.8 Å². The molecule has 2 heterocycles. The van der Waals surface area contributed by atoms with Crippen molar-refractivity contribution in [2.24, 2.45) is 0 Å². The van der Waals surface area contributed by atoms with Gasteiger partial charge in [-0.2, -0.15) is 0 Å². The number of ketones is 1. The first-order valence-corrected chi connectivity index (χ1v) is 10.9. The molecule has 5 amide bonds. The maximum absolute atomic E-state index is 13.3. The Bertz CT molecular complexity index is 1060. The van der Waals surface area contributed by atoms with Gasteiger partial charge >= 0.3 is 12.0 Å². The number of fused-ring (bicyclic) bond motifs is 1. The number of Topliss-reactive ketones (excluding diaryl/α,β-unsaturated/α-hetero) is 1. The smallest absolute Gasteiger partial charge is 0.358 e. The average Bonchev–Trinajstić information content (AvgIpc) is 2.95. The van der Waals surface area contributed by atoms with E-state index < -0.39 is 48.2 Å². The largest absolute Gasteiger partial charge is 0.481 e. The van der Waals surface area contributed by atoms with Crippen LogP contribution in [0.1, 0.15) is 53.3 Å². The summed E-state index contributed by atoms with van der Waals surface area (Å²) >= 11 is 0. The molecule has 2 saturated heterocycles. The summed E-state index contributed by atoms with van der Waals surface area (Å²) in [5.74, 6) is -3.35. The van der Waals surface area contributed by atoms with Gasteiger partial charge in [-0.05, 0) is 31.9 Å². The maximum atomic E-state index is 13.3. The molecule has 2 atom stereocenters. The van der Waals surface area contributed by atoms with E-state index in [2.05, 4.69) is 10.7 Å². The fourth-order valence-corrected chi connectivity index (χ4v) is 3.86. The highest BCUT2D eigenvalue weighted by Gasteiger charge is 2.44. The number of carboxylic acids is 1. The Morgan fingerprint density at radius 3 is 2.37 bits per heavy atom. The number of benzene rings is 1. The lowest BCUT2D eigenvalue weighted by atomic mass is 10.1. The third-order valence-corrected chi connectivity index (χ3v) is 5.65. The molecule has 3 N–H and O–H groups in total. The average molecular weight is 487 g/mol. The molecule has 186 valence electrons. The number of hydrogen-bond donors (Lipinski definition) is 3. The first-order valence-electron chi connectivity index (χ1n) is 10.9. The van der Waals surface area contributed by atoms with Crippen molar-refractivity contribution in [2.45, 2.75) is 44.7 Å². The molecule has 3 rings (SSSR count). The Kier molecular flexibility index (Phi) is 7.79. The minimum atomic E-state index is -1.30. The van der Waals surface area contributed by atoms with Crippen LogP contribution in [-0.2, 0) is 19.2 Å². The van der Waals surface area contributed by atoms with Crippen LogP contribution in [0.3, 0.4) is 0 Å². The molecule has 2 unspecified atom stereocenters. The maximum Gasteiger partial charge on any atom is 0.358 e. The summed E-state index contributed by atoms with van der Waals surface area (Å²) in [6.07, 6.45) is 0.0899. The van der Waals surface area contributed by atoms with E-state index in [4.69, 9.17) is 5.11 Å².